The summed E-state index contributed by atoms with van der Waals surface area (Å²) in [7, 11) is 0. The Hall–Kier alpha value is -2.45. The number of hydrogen-bond acceptors (Lipinski definition) is 5. The molecule has 1 aromatic heterocycles. The zero-order valence-corrected chi connectivity index (χ0v) is 14.1. The Labute approximate surface area is 145 Å². The lowest BCUT2D eigenvalue weighted by Gasteiger charge is -2.42. The zero-order chi connectivity index (χ0) is 17.3. The predicted molar refractivity (Wildman–Crippen MR) is 90.7 cm³/mol. The van der Waals surface area contributed by atoms with Crippen molar-refractivity contribution in [1.29, 1.82) is 0 Å². The van der Waals surface area contributed by atoms with Crippen molar-refractivity contribution < 1.29 is 14.3 Å². The van der Waals surface area contributed by atoms with Crippen LogP contribution in [0.4, 0.5) is 10.5 Å². The zero-order valence-electron chi connectivity index (χ0n) is 14.1. The van der Waals surface area contributed by atoms with Gasteiger partial charge in [-0.2, -0.15) is 0 Å². The van der Waals surface area contributed by atoms with E-state index in [-0.39, 0.29) is 17.7 Å². The van der Waals surface area contributed by atoms with Gasteiger partial charge >= 0.3 is 6.03 Å². The highest BCUT2D eigenvalue weighted by atomic mass is 16.6. The van der Waals surface area contributed by atoms with E-state index in [1.165, 1.54) is 0 Å². The topological polar surface area (TPSA) is 81.5 Å². The standard InChI is InChI=1S/C17H21N5O3/c1-13-10-21(11-17(25-13)5-8-24-12-17)16(23)19-14-3-2-4-15(9-14)22-7-6-18-20-22/h2-4,6-7,9,13H,5,8,10-12H2,1H3,(H,19,23)/t13-,17+/m0/s1. The molecule has 0 unspecified atom stereocenters. The van der Waals surface area contributed by atoms with Crippen LogP contribution in [0.5, 0.6) is 0 Å². The van der Waals surface area contributed by atoms with E-state index in [0.717, 1.165) is 12.1 Å². The quantitative estimate of drug-likeness (QED) is 0.897. The summed E-state index contributed by atoms with van der Waals surface area (Å²) in [4.78, 5) is 14.5. The smallest absolute Gasteiger partial charge is 0.322 e. The van der Waals surface area contributed by atoms with Crippen LogP contribution in [-0.2, 0) is 9.47 Å². The molecule has 8 heteroatoms. The Morgan fingerprint density at radius 2 is 2.36 bits per heavy atom. The maximum absolute atomic E-state index is 12.7. The molecule has 2 aliphatic rings. The molecule has 3 heterocycles. The molecule has 1 spiro atoms. The van der Waals surface area contributed by atoms with Crippen molar-refractivity contribution >= 4 is 11.7 Å². The van der Waals surface area contributed by atoms with Crippen LogP contribution < -0.4 is 5.32 Å². The number of hydrogen-bond donors (Lipinski definition) is 1. The van der Waals surface area contributed by atoms with E-state index < -0.39 is 0 Å². The first-order valence-electron chi connectivity index (χ1n) is 8.42. The van der Waals surface area contributed by atoms with Crippen LogP contribution in [0.2, 0.25) is 0 Å². The molecule has 1 aromatic carbocycles. The Balaban J connectivity index is 1.47. The maximum atomic E-state index is 12.7. The fraction of sp³-hybridized carbons (Fsp3) is 0.471. The minimum Gasteiger partial charge on any atom is -0.378 e. The monoisotopic (exact) mass is 343 g/mol. The second-order valence-electron chi connectivity index (χ2n) is 6.62. The van der Waals surface area contributed by atoms with Gasteiger partial charge in [0.25, 0.3) is 0 Å². The summed E-state index contributed by atoms with van der Waals surface area (Å²) in [5.74, 6) is 0. The minimum atomic E-state index is -0.364. The third kappa shape index (κ3) is 3.35. The molecule has 0 bridgehead atoms. The van der Waals surface area contributed by atoms with Crippen molar-refractivity contribution in [2.24, 2.45) is 0 Å². The minimum absolute atomic E-state index is 0.0114. The Kier molecular flexibility index (Phi) is 4.14. The molecular weight excluding hydrogens is 322 g/mol. The van der Waals surface area contributed by atoms with Crippen LogP contribution in [-0.4, -0.2) is 63.9 Å². The average molecular weight is 343 g/mol. The summed E-state index contributed by atoms with van der Waals surface area (Å²) in [6.07, 6.45) is 4.18. The number of morpholine rings is 1. The molecule has 8 nitrogen and oxygen atoms in total. The normalized spacial score (nSPS) is 26.1. The number of amides is 2. The number of aromatic nitrogens is 3. The molecule has 0 radical (unpaired) electrons. The number of rotatable bonds is 2. The SMILES string of the molecule is C[C@H]1CN(C(=O)Nc2cccc(-n3ccnn3)c2)C[C@@]2(CCOC2)O1. The highest BCUT2D eigenvalue weighted by molar-refractivity contribution is 5.89. The third-order valence-electron chi connectivity index (χ3n) is 4.55. The fourth-order valence-corrected chi connectivity index (χ4v) is 3.46. The molecule has 2 saturated heterocycles. The Morgan fingerprint density at radius 3 is 3.12 bits per heavy atom. The summed E-state index contributed by atoms with van der Waals surface area (Å²) in [6.45, 7) is 4.33. The summed E-state index contributed by atoms with van der Waals surface area (Å²) in [5, 5.41) is 10.7. The van der Waals surface area contributed by atoms with E-state index in [9.17, 15) is 4.79 Å². The lowest BCUT2D eigenvalue weighted by molar-refractivity contribution is -0.136. The molecule has 2 amide bonds. The van der Waals surface area contributed by atoms with Crippen LogP contribution in [0.1, 0.15) is 13.3 Å². The number of nitrogens with one attached hydrogen (secondary N) is 1. The number of ether oxygens (including phenoxy) is 2. The summed E-state index contributed by atoms with van der Waals surface area (Å²) < 4.78 is 13.2. The van der Waals surface area contributed by atoms with Crippen LogP contribution in [0.15, 0.2) is 36.7 Å². The van der Waals surface area contributed by atoms with Crippen molar-refractivity contribution in [2.45, 2.75) is 25.0 Å². The molecule has 2 fully saturated rings. The first kappa shape index (κ1) is 16.0. The Morgan fingerprint density at radius 1 is 1.44 bits per heavy atom. The van der Waals surface area contributed by atoms with Crippen molar-refractivity contribution in [3.05, 3.63) is 36.7 Å². The number of benzene rings is 1. The second kappa shape index (κ2) is 6.45. The first-order valence-corrected chi connectivity index (χ1v) is 8.42. The number of carbonyl (C=O) groups excluding carboxylic acids is 1. The van der Waals surface area contributed by atoms with Crippen molar-refractivity contribution in [2.75, 3.05) is 31.6 Å². The van der Waals surface area contributed by atoms with E-state index in [1.54, 1.807) is 17.1 Å². The van der Waals surface area contributed by atoms with Gasteiger partial charge in [-0.25, -0.2) is 9.48 Å². The van der Waals surface area contributed by atoms with Gasteiger partial charge in [-0.1, -0.05) is 11.3 Å². The highest BCUT2D eigenvalue weighted by Gasteiger charge is 2.44. The van der Waals surface area contributed by atoms with Gasteiger partial charge in [-0.15, -0.1) is 5.10 Å². The van der Waals surface area contributed by atoms with Crippen LogP contribution in [0.25, 0.3) is 5.69 Å². The van der Waals surface area contributed by atoms with E-state index >= 15 is 0 Å². The molecule has 2 aromatic rings. The molecule has 2 aliphatic heterocycles. The molecule has 1 N–H and O–H groups in total. The van der Waals surface area contributed by atoms with E-state index in [4.69, 9.17) is 9.47 Å². The van der Waals surface area contributed by atoms with Gasteiger partial charge < -0.3 is 19.7 Å². The largest absolute Gasteiger partial charge is 0.378 e. The van der Waals surface area contributed by atoms with Crippen LogP contribution in [0, 0.1) is 0 Å². The van der Waals surface area contributed by atoms with Gasteiger partial charge in [-0.3, -0.25) is 0 Å². The van der Waals surface area contributed by atoms with Gasteiger partial charge in [0.2, 0.25) is 0 Å². The highest BCUT2D eigenvalue weighted by Crippen LogP contribution is 2.30. The summed E-state index contributed by atoms with van der Waals surface area (Å²) in [6, 6.07) is 7.38. The Bertz CT molecular complexity index is 743. The fourth-order valence-electron chi connectivity index (χ4n) is 3.46. The molecule has 132 valence electrons. The molecule has 2 atom stereocenters. The summed E-state index contributed by atoms with van der Waals surface area (Å²) in [5.41, 5.74) is 1.19. The molecule has 0 aliphatic carbocycles. The molecule has 25 heavy (non-hydrogen) atoms. The van der Waals surface area contributed by atoms with E-state index in [2.05, 4.69) is 15.6 Å². The number of nitrogens with zero attached hydrogens (tertiary/aromatic N) is 4. The van der Waals surface area contributed by atoms with Crippen molar-refractivity contribution in [1.82, 2.24) is 19.9 Å². The predicted octanol–water partition coefficient (Wildman–Crippen LogP) is 1.68. The van der Waals surface area contributed by atoms with Crippen molar-refractivity contribution in [3.8, 4) is 5.69 Å². The van der Waals surface area contributed by atoms with Gasteiger partial charge in [0.15, 0.2) is 0 Å². The van der Waals surface area contributed by atoms with Crippen LogP contribution in [0.3, 0.4) is 0 Å². The third-order valence-corrected chi connectivity index (χ3v) is 4.55. The van der Waals surface area contributed by atoms with E-state index in [1.807, 2.05) is 36.1 Å². The van der Waals surface area contributed by atoms with Crippen molar-refractivity contribution in [3.63, 3.8) is 0 Å². The van der Waals surface area contributed by atoms with E-state index in [0.29, 0.717) is 32.0 Å². The lowest BCUT2D eigenvalue weighted by Crippen LogP contribution is -2.57. The summed E-state index contributed by atoms with van der Waals surface area (Å²) >= 11 is 0. The first-order chi connectivity index (χ1) is 12.1. The molecule has 0 saturated carbocycles. The number of anilines is 1. The van der Waals surface area contributed by atoms with Gasteiger partial charge in [0.1, 0.15) is 5.60 Å². The second-order valence-corrected chi connectivity index (χ2v) is 6.62. The molecule has 4 rings (SSSR count). The maximum Gasteiger partial charge on any atom is 0.322 e. The van der Waals surface area contributed by atoms with Crippen LogP contribution >= 0.6 is 0 Å². The van der Waals surface area contributed by atoms with Gasteiger partial charge in [0, 0.05) is 25.3 Å². The average Bonchev–Trinajstić information content (AvgIpc) is 3.27. The van der Waals surface area contributed by atoms with Gasteiger partial charge in [-0.05, 0) is 25.1 Å². The number of urea groups is 1. The number of carbonyl (C=O) groups is 1. The molecular formula is C17H21N5O3. The van der Waals surface area contributed by atoms with Gasteiger partial charge in [0.05, 0.1) is 37.3 Å². The lowest BCUT2D eigenvalue weighted by atomic mass is 9.99.